The minimum Gasteiger partial charge on any atom is -0.351 e. The van der Waals surface area contributed by atoms with E-state index in [9.17, 15) is 70.7 Å². The second-order valence-electron chi connectivity index (χ2n) is 6.79. The number of halogens is 15. The highest BCUT2D eigenvalue weighted by Crippen LogP contribution is 2.62. The van der Waals surface area contributed by atoms with Crippen molar-refractivity contribution in [2.75, 3.05) is 6.54 Å². The van der Waals surface area contributed by atoms with Crippen LogP contribution >= 0.6 is 0 Å². The molecule has 0 saturated carbocycles. The van der Waals surface area contributed by atoms with Crippen LogP contribution < -0.4 is 5.32 Å². The van der Waals surface area contributed by atoms with Crippen LogP contribution in [0.1, 0.15) is 12.0 Å². The van der Waals surface area contributed by atoms with Gasteiger partial charge in [-0.2, -0.15) is 65.9 Å². The van der Waals surface area contributed by atoms with Gasteiger partial charge in [-0.1, -0.05) is 30.3 Å². The molecule has 34 heavy (non-hydrogen) atoms. The van der Waals surface area contributed by atoms with Gasteiger partial charge >= 0.3 is 41.7 Å². The first-order valence-electron chi connectivity index (χ1n) is 8.66. The summed E-state index contributed by atoms with van der Waals surface area (Å²) in [6.45, 7) is -0.955. The number of carbonyl (C=O) groups excluding carboxylic acids is 1. The van der Waals surface area contributed by atoms with Crippen molar-refractivity contribution in [1.82, 2.24) is 5.32 Å². The van der Waals surface area contributed by atoms with Gasteiger partial charge in [0.25, 0.3) is 5.91 Å². The van der Waals surface area contributed by atoms with E-state index in [1.54, 1.807) is 6.07 Å². The van der Waals surface area contributed by atoms with Crippen molar-refractivity contribution >= 4 is 5.91 Å². The molecule has 0 aliphatic carbocycles. The molecule has 1 amide bonds. The second-order valence-corrected chi connectivity index (χ2v) is 6.79. The normalized spacial score (nSPS) is 14.8. The molecule has 1 aromatic rings. The zero-order valence-corrected chi connectivity index (χ0v) is 16.1. The monoisotopic (exact) mass is 531 g/mol. The molecule has 0 spiro atoms. The van der Waals surface area contributed by atoms with Gasteiger partial charge in [-0.25, -0.2) is 0 Å². The Balaban J connectivity index is 3.16. The van der Waals surface area contributed by atoms with E-state index in [0.29, 0.717) is 5.56 Å². The van der Waals surface area contributed by atoms with E-state index in [1.165, 1.54) is 24.3 Å². The molecule has 196 valence electrons. The predicted octanol–water partition coefficient (Wildman–Crippen LogP) is 6.11. The Bertz CT molecular complexity index is 848. The Labute approximate surface area is 180 Å². The van der Waals surface area contributed by atoms with Gasteiger partial charge in [0.05, 0.1) is 0 Å². The molecule has 17 heteroatoms. The first kappa shape index (κ1) is 29.7. The number of amides is 1. The zero-order chi connectivity index (χ0) is 27.0. The molecular weight excluding hydrogens is 519 g/mol. The van der Waals surface area contributed by atoms with Crippen molar-refractivity contribution in [1.29, 1.82) is 0 Å². The van der Waals surface area contributed by atoms with E-state index in [0.717, 1.165) is 5.32 Å². The molecule has 0 aliphatic heterocycles. The summed E-state index contributed by atoms with van der Waals surface area (Å²) in [5.41, 5.74) is 0.521. The molecule has 0 atom stereocenters. The lowest BCUT2D eigenvalue weighted by Crippen LogP contribution is -2.74. The molecule has 0 aromatic heterocycles. The fourth-order valence-electron chi connectivity index (χ4n) is 2.36. The maximum atomic E-state index is 13.7. The van der Waals surface area contributed by atoms with Gasteiger partial charge in [-0.3, -0.25) is 4.79 Å². The van der Waals surface area contributed by atoms with Gasteiger partial charge in [0.1, 0.15) is 0 Å². The average Bonchev–Trinajstić information content (AvgIpc) is 2.70. The van der Waals surface area contributed by atoms with Crippen LogP contribution in [0.5, 0.6) is 0 Å². The van der Waals surface area contributed by atoms with E-state index < -0.39 is 54.2 Å². The van der Waals surface area contributed by atoms with Crippen molar-refractivity contribution in [3.05, 3.63) is 35.9 Å². The van der Waals surface area contributed by atoms with E-state index in [1.807, 2.05) is 0 Å². The minimum absolute atomic E-state index is 0.00391. The second kappa shape index (κ2) is 9.02. The third-order valence-electron chi connectivity index (χ3n) is 4.38. The molecule has 0 heterocycles. The first-order chi connectivity index (χ1) is 15.0. The van der Waals surface area contributed by atoms with E-state index in [4.69, 9.17) is 0 Å². The fraction of sp³-hybridized carbons (Fsp3) is 0.588. The Kier molecular flexibility index (Phi) is 7.87. The Hall–Kier alpha value is -2.36. The molecule has 0 radical (unpaired) electrons. The van der Waals surface area contributed by atoms with Gasteiger partial charge in [0.2, 0.25) is 0 Å². The Morgan fingerprint density at radius 2 is 1.03 bits per heavy atom. The minimum atomic E-state index is -8.42. The van der Waals surface area contributed by atoms with Crippen LogP contribution in [0.3, 0.4) is 0 Å². The maximum Gasteiger partial charge on any atom is 0.460 e. The smallest absolute Gasteiger partial charge is 0.351 e. The molecule has 0 bridgehead atoms. The van der Waals surface area contributed by atoms with Crippen LogP contribution in [0.25, 0.3) is 0 Å². The molecule has 0 fully saturated rings. The maximum absolute atomic E-state index is 13.7. The van der Waals surface area contributed by atoms with Crippen LogP contribution in [0.4, 0.5) is 65.9 Å². The van der Waals surface area contributed by atoms with Crippen molar-refractivity contribution < 1.29 is 70.7 Å². The molecule has 0 unspecified atom stereocenters. The van der Waals surface area contributed by atoms with E-state index in [2.05, 4.69) is 0 Å². The summed E-state index contributed by atoms with van der Waals surface area (Å²) in [6.07, 6.45) is -7.99. The van der Waals surface area contributed by atoms with Crippen molar-refractivity contribution in [2.24, 2.45) is 0 Å². The van der Waals surface area contributed by atoms with Gasteiger partial charge < -0.3 is 5.32 Å². The molecule has 0 aliphatic rings. The van der Waals surface area contributed by atoms with Crippen LogP contribution in [0.15, 0.2) is 30.3 Å². The lowest BCUT2D eigenvalue weighted by molar-refractivity contribution is -0.449. The third-order valence-corrected chi connectivity index (χ3v) is 4.38. The standard InChI is InChI=1S/C17H12F15NO/c18-11(19,10(34)33-8-4-7-9-5-2-1-3-6-9)12(20,21)13(22,23)14(24,25)15(26,27)16(28,29)17(30,31)32/h1-3,5-6H,4,7-8H2,(H,33,34). The summed E-state index contributed by atoms with van der Waals surface area (Å²) in [5, 5.41) is 0.953. The summed E-state index contributed by atoms with van der Waals surface area (Å²) in [7, 11) is 0. The number of hydrogen-bond acceptors (Lipinski definition) is 1. The molecule has 1 rings (SSSR count). The Morgan fingerprint density at radius 3 is 1.47 bits per heavy atom. The molecule has 2 nitrogen and oxygen atoms in total. The van der Waals surface area contributed by atoms with Crippen LogP contribution in [0.2, 0.25) is 0 Å². The summed E-state index contributed by atoms with van der Waals surface area (Å²) in [4.78, 5) is 11.3. The lowest BCUT2D eigenvalue weighted by Gasteiger charge is -2.41. The topological polar surface area (TPSA) is 29.1 Å². The SMILES string of the molecule is O=C(NCCCc1ccccc1)C(F)(F)C(F)(F)C(F)(F)C(F)(F)C(F)(F)C(F)(F)C(F)(F)F. The van der Waals surface area contributed by atoms with Gasteiger partial charge in [-0.15, -0.1) is 0 Å². The molecule has 1 N–H and O–H groups in total. The van der Waals surface area contributed by atoms with Crippen LogP contribution in [-0.2, 0) is 11.2 Å². The number of nitrogens with one attached hydrogen (secondary N) is 1. The highest BCUT2D eigenvalue weighted by molar-refractivity contribution is 5.84. The van der Waals surface area contributed by atoms with Gasteiger partial charge in [0.15, 0.2) is 0 Å². The number of benzene rings is 1. The van der Waals surface area contributed by atoms with Crippen molar-refractivity contribution in [3.8, 4) is 0 Å². The lowest BCUT2D eigenvalue weighted by atomic mass is 9.91. The highest BCUT2D eigenvalue weighted by atomic mass is 19.4. The summed E-state index contributed by atoms with van der Waals surface area (Å²) >= 11 is 0. The van der Waals surface area contributed by atoms with Crippen LogP contribution in [-0.4, -0.2) is 54.2 Å². The van der Waals surface area contributed by atoms with Crippen molar-refractivity contribution in [2.45, 2.75) is 54.6 Å². The number of rotatable bonds is 10. The van der Waals surface area contributed by atoms with Crippen molar-refractivity contribution in [3.63, 3.8) is 0 Å². The average molecular weight is 531 g/mol. The third kappa shape index (κ3) is 4.61. The predicted molar refractivity (Wildman–Crippen MR) is 83.5 cm³/mol. The van der Waals surface area contributed by atoms with Gasteiger partial charge in [-0.05, 0) is 18.4 Å². The number of aryl methyl sites for hydroxylation is 1. The molecule has 1 aromatic carbocycles. The highest BCUT2D eigenvalue weighted by Gasteiger charge is 2.94. The van der Waals surface area contributed by atoms with Gasteiger partial charge in [0, 0.05) is 6.54 Å². The zero-order valence-electron chi connectivity index (χ0n) is 16.1. The largest absolute Gasteiger partial charge is 0.460 e. The number of hydrogen-bond donors (Lipinski definition) is 1. The molecule has 0 saturated heterocycles. The molecular formula is C17H12F15NO. The van der Waals surface area contributed by atoms with Crippen LogP contribution in [0, 0.1) is 0 Å². The number of alkyl halides is 15. The van der Waals surface area contributed by atoms with E-state index in [-0.39, 0.29) is 12.8 Å². The van der Waals surface area contributed by atoms with E-state index >= 15 is 0 Å². The quantitative estimate of drug-likeness (QED) is 0.287. The summed E-state index contributed by atoms with van der Waals surface area (Å²) < 4.78 is 196. The summed E-state index contributed by atoms with van der Waals surface area (Å²) in [5.74, 6) is -51.3. The number of carbonyl (C=O) groups is 1. The fourth-order valence-corrected chi connectivity index (χ4v) is 2.36. The Morgan fingerprint density at radius 1 is 0.618 bits per heavy atom. The first-order valence-corrected chi connectivity index (χ1v) is 8.66. The summed E-state index contributed by atoms with van der Waals surface area (Å²) in [6, 6.07) is 7.58.